The lowest BCUT2D eigenvalue weighted by atomic mass is 10.1. The summed E-state index contributed by atoms with van der Waals surface area (Å²) in [5.74, 6) is 0.521. The molecule has 0 unspecified atom stereocenters. The van der Waals surface area contributed by atoms with Crippen LogP contribution >= 0.6 is 11.3 Å². The van der Waals surface area contributed by atoms with Crippen molar-refractivity contribution in [2.45, 2.75) is 33.1 Å². The molecule has 0 radical (unpaired) electrons. The normalized spacial score (nSPS) is 11.1. The number of nitrogens with one attached hydrogen (secondary N) is 2. The van der Waals surface area contributed by atoms with E-state index in [9.17, 15) is 9.59 Å². The van der Waals surface area contributed by atoms with Gasteiger partial charge in [0.05, 0.1) is 11.3 Å². The van der Waals surface area contributed by atoms with Crippen LogP contribution < -0.4 is 10.9 Å². The first-order chi connectivity index (χ1) is 14.0. The lowest BCUT2D eigenvalue weighted by Crippen LogP contribution is -2.11. The summed E-state index contributed by atoms with van der Waals surface area (Å²) in [6.07, 6.45) is 1.30. The fraction of sp³-hybridized carbons (Fsp3) is 0.250. The molecule has 0 aliphatic heterocycles. The number of pyridine rings is 1. The number of aromatic nitrogens is 4. The summed E-state index contributed by atoms with van der Waals surface area (Å²) in [4.78, 5) is 35.7. The van der Waals surface area contributed by atoms with Crippen LogP contribution in [0.1, 0.15) is 30.0 Å². The molecule has 0 saturated carbocycles. The van der Waals surface area contributed by atoms with E-state index >= 15 is 0 Å². The summed E-state index contributed by atoms with van der Waals surface area (Å²) in [5, 5.41) is 10.1. The van der Waals surface area contributed by atoms with Gasteiger partial charge in [0.15, 0.2) is 5.13 Å². The molecule has 4 rings (SSSR count). The van der Waals surface area contributed by atoms with Crippen LogP contribution in [0.15, 0.2) is 39.0 Å². The second-order valence-electron chi connectivity index (χ2n) is 6.81. The standard InChI is InChI=1S/C20H19N5O3S/c1-11-6-7-13-9-14(19(27)22-15(13)8-11)18-24-17(28-25-18)5-3-4-16(26)23-20-21-12(2)10-29-20/h6-10H,3-5H2,1-2H3,(H,22,27)(H,21,23,26). The van der Waals surface area contributed by atoms with Gasteiger partial charge in [0.2, 0.25) is 17.6 Å². The molecule has 0 fully saturated rings. The van der Waals surface area contributed by atoms with Crippen molar-refractivity contribution in [1.29, 1.82) is 0 Å². The smallest absolute Gasteiger partial charge is 0.259 e. The van der Waals surface area contributed by atoms with E-state index in [1.54, 1.807) is 6.07 Å². The minimum absolute atomic E-state index is 0.111. The second-order valence-corrected chi connectivity index (χ2v) is 7.67. The molecule has 0 aliphatic rings. The number of hydrogen-bond acceptors (Lipinski definition) is 7. The summed E-state index contributed by atoms with van der Waals surface area (Å²) in [6.45, 7) is 3.84. The first kappa shape index (κ1) is 19.0. The minimum atomic E-state index is -0.270. The Morgan fingerprint density at radius 1 is 1.24 bits per heavy atom. The molecule has 3 aromatic heterocycles. The Morgan fingerprint density at radius 3 is 2.90 bits per heavy atom. The Balaban J connectivity index is 1.40. The molecule has 3 heterocycles. The number of aromatic amines is 1. The number of H-pyrrole nitrogens is 1. The van der Waals surface area contributed by atoms with Gasteiger partial charge < -0.3 is 14.8 Å². The Bertz CT molecular complexity index is 1240. The lowest BCUT2D eigenvalue weighted by Gasteiger charge is -2.01. The highest BCUT2D eigenvalue weighted by molar-refractivity contribution is 7.13. The van der Waals surface area contributed by atoms with Crippen molar-refractivity contribution in [3.05, 3.63) is 57.1 Å². The van der Waals surface area contributed by atoms with Crippen LogP contribution in [0, 0.1) is 13.8 Å². The number of hydrogen-bond donors (Lipinski definition) is 2. The number of carbonyl (C=O) groups is 1. The minimum Gasteiger partial charge on any atom is -0.339 e. The van der Waals surface area contributed by atoms with E-state index in [1.165, 1.54) is 11.3 Å². The number of amides is 1. The molecule has 0 bridgehead atoms. The third kappa shape index (κ3) is 4.40. The van der Waals surface area contributed by atoms with Gasteiger partial charge in [0.25, 0.3) is 5.56 Å². The number of carbonyl (C=O) groups excluding carboxylic acids is 1. The van der Waals surface area contributed by atoms with Crippen molar-refractivity contribution >= 4 is 33.3 Å². The van der Waals surface area contributed by atoms with Crippen molar-refractivity contribution in [3.63, 3.8) is 0 Å². The number of anilines is 1. The van der Waals surface area contributed by atoms with Gasteiger partial charge in [0.1, 0.15) is 0 Å². The maximum Gasteiger partial charge on any atom is 0.259 e. The van der Waals surface area contributed by atoms with Gasteiger partial charge in [-0.2, -0.15) is 4.98 Å². The zero-order chi connectivity index (χ0) is 20.4. The zero-order valence-corrected chi connectivity index (χ0v) is 16.8. The lowest BCUT2D eigenvalue weighted by molar-refractivity contribution is -0.116. The van der Waals surface area contributed by atoms with Crippen molar-refractivity contribution in [1.82, 2.24) is 20.1 Å². The highest BCUT2D eigenvalue weighted by Crippen LogP contribution is 2.19. The van der Waals surface area contributed by atoms with Crippen LogP contribution in [0.25, 0.3) is 22.3 Å². The third-order valence-corrected chi connectivity index (χ3v) is 5.25. The van der Waals surface area contributed by atoms with E-state index in [1.807, 2.05) is 37.4 Å². The predicted molar refractivity (Wildman–Crippen MR) is 111 cm³/mol. The van der Waals surface area contributed by atoms with Crippen LogP contribution in [0.2, 0.25) is 0 Å². The predicted octanol–water partition coefficient (Wildman–Crippen LogP) is 3.61. The molecule has 29 heavy (non-hydrogen) atoms. The highest BCUT2D eigenvalue weighted by atomic mass is 32.1. The van der Waals surface area contributed by atoms with E-state index < -0.39 is 0 Å². The molecular weight excluding hydrogens is 390 g/mol. The largest absolute Gasteiger partial charge is 0.339 e. The van der Waals surface area contributed by atoms with E-state index in [2.05, 4.69) is 25.4 Å². The molecule has 0 spiro atoms. The van der Waals surface area contributed by atoms with Gasteiger partial charge in [-0.1, -0.05) is 17.3 Å². The topological polar surface area (TPSA) is 114 Å². The quantitative estimate of drug-likeness (QED) is 0.503. The first-order valence-electron chi connectivity index (χ1n) is 9.16. The van der Waals surface area contributed by atoms with E-state index in [0.29, 0.717) is 35.8 Å². The highest BCUT2D eigenvalue weighted by Gasteiger charge is 2.14. The van der Waals surface area contributed by atoms with Crippen LogP contribution in [-0.4, -0.2) is 26.0 Å². The molecule has 1 aromatic carbocycles. The molecule has 4 aromatic rings. The average molecular weight is 409 g/mol. The van der Waals surface area contributed by atoms with Crippen LogP contribution in [-0.2, 0) is 11.2 Å². The molecule has 0 atom stereocenters. The molecule has 0 aliphatic carbocycles. The number of thiazole rings is 1. The van der Waals surface area contributed by atoms with Crippen molar-refractivity contribution in [2.75, 3.05) is 5.32 Å². The molecule has 8 nitrogen and oxygen atoms in total. The molecule has 1 amide bonds. The van der Waals surface area contributed by atoms with Gasteiger partial charge in [-0.15, -0.1) is 11.3 Å². The van der Waals surface area contributed by atoms with E-state index in [4.69, 9.17) is 4.52 Å². The SMILES string of the molecule is Cc1ccc2cc(-c3noc(CCCC(=O)Nc4nc(C)cs4)n3)c(=O)[nH]c2c1. The van der Waals surface area contributed by atoms with Crippen LogP contribution in [0.5, 0.6) is 0 Å². The number of nitrogens with zero attached hydrogens (tertiary/aromatic N) is 3. The van der Waals surface area contributed by atoms with Crippen molar-refractivity contribution < 1.29 is 9.32 Å². The van der Waals surface area contributed by atoms with E-state index in [-0.39, 0.29) is 17.3 Å². The maximum absolute atomic E-state index is 12.4. The molecule has 0 saturated heterocycles. The van der Waals surface area contributed by atoms with Gasteiger partial charge >= 0.3 is 0 Å². The monoisotopic (exact) mass is 409 g/mol. The Labute approximate surface area is 170 Å². The Kier molecular flexibility index (Phi) is 5.22. The fourth-order valence-corrected chi connectivity index (χ4v) is 3.64. The Hall–Kier alpha value is -3.33. The number of benzene rings is 1. The average Bonchev–Trinajstić information content (AvgIpc) is 3.30. The van der Waals surface area contributed by atoms with Crippen LogP contribution in [0.4, 0.5) is 5.13 Å². The van der Waals surface area contributed by atoms with E-state index in [0.717, 1.165) is 22.2 Å². The summed E-state index contributed by atoms with van der Waals surface area (Å²) in [5.41, 5.74) is 2.80. The van der Waals surface area contributed by atoms with Gasteiger partial charge in [-0.3, -0.25) is 9.59 Å². The summed E-state index contributed by atoms with van der Waals surface area (Å²) < 4.78 is 5.25. The fourth-order valence-electron chi connectivity index (χ4n) is 2.94. The Morgan fingerprint density at radius 2 is 2.10 bits per heavy atom. The molecule has 2 N–H and O–H groups in total. The third-order valence-electron chi connectivity index (χ3n) is 4.37. The number of aryl methyl sites for hydroxylation is 3. The molecule has 9 heteroatoms. The zero-order valence-electron chi connectivity index (χ0n) is 16.0. The number of rotatable bonds is 6. The summed E-state index contributed by atoms with van der Waals surface area (Å²) in [7, 11) is 0. The second kappa shape index (κ2) is 7.96. The molecular formula is C20H19N5O3S. The van der Waals surface area contributed by atoms with Crippen molar-refractivity contribution in [3.8, 4) is 11.4 Å². The maximum atomic E-state index is 12.4. The van der Waals surface area contributed by atoms with Gasteiger partial charge in [-0.05, 0) is 43.4 Å². The number of fused-ring (bicyclic) bond motifs is 1. The molecule has 148 valence electrons. The first-order valence-corrected chi connectivity index (χ1v) is 10.0. The van der Waals surface area contributed by atoms with Gasteiger partial charge in [-0.25, -0.2) is 4.98 Å². The van der Waals surface area contributed by atoms with Crippen molar-refractivity contribution in [2.24, 2.45) is 0 Å². The van der Waals surface area contributed by atoms with Gasteiger partial charge in [0, 0.05) is 23.7 Å². The summed E-state index contributed by atoms with van der Waals surface area (Å²) in [6, 6.07) is 7.59. The summed E-state index contributed by atoms with van der Waals surface area (Å²) >= 11 is 1.39. The van der Waals surface area contributed by atoms with Crippen LogP contribution in [0.3, 0.4) is 0 Å².